The van der Waals surface area contributed by atoms with E-state index in [1.807, 2.05) is 59.2 Å². The Morgan fingerprint density at radius 3 is 2.50 bits per heavy atom. The van der Waals surface area contributed by atoms with Gasteiger partial charge in [-0.1, -0.05) is 54.6 Å². The summed E-state index contributed by atoms with van der Waals surface area (Å²) in [6.07, 6.45) is 3.52. The molecular formula is C21H15N5. The van der Waals surface area contributed by atoms with Gasteiger partial charge in [0.1, 0.15) is 11.8 Å². The second-order valence-corrected chi connectivity index (χ2v) is 6.00. The van der Waals surface area contributed by atoms with E-state index in [1.165, 1.54) is 5.39 Å². The molecule has 0 radical (unpaired) electrons. The molecule has 1 N–H and O–H groups in total. The number of fused-ring (bicyclic) bond motifs is 2. The van der Waals surface area contributed by atoms with Crippen molar-refractivity contribution in [1.82, 2.24) is 19.5 Å². The zero-order valence-corrected chi connectivity index (χ0v) is 13.9. The predicted molar refractivity (Wildman–Crippen MR) is 104 cm³/mol. The SMILES string of the molecule is c1ccc(-n2cnc3cnc(Nc4cccc5ccccc45)nc32)cc1. The van der Waals surface area contributed by atoms with Crippen molar-refractivity contribution in [3.8, 4) is 5.69 Å². The molecule has 0 fully saturated rings. The summed E-state index contributed by atoms with van der Waals surface area (Å²) in [5.41, 5.74) is 3.53. The van der Waals surface area contributed by atoms with Crippen LogP contribution < -0.4 is 5.32 Å². The molecule has 2 aromatic heterocycles. The van der Waals surface area contributed by atoms with E-state index in [9.17, 15) is 0 Å². The van der Waals surface area contributed by atoms with Gasteiger partial charge < -0.3 is 5.32 Å². The van der Waals surface area contributed by atoms with Gasteiger partial charge >= 0.3 is 0 Å². The van der Waals surface area contributed by atoms with Crippen molar-refractivity contribution in [2.24, 2.45) is 0 Å². The average molecular weight is 337 g/mol. The Morgan fingerprint density at radius 1 is 0.769 bits per heavy atom. The minimum atomic E-state index is 0.548. The molecule has 124 valence electrons. The molecular weight excluding hydrogens is 322 g/mol. The summed E-state index contributed by atoms with van der Waals surface area (Å²) >= 11 is 0. The van der Waals surface area contributed by atoms with E-state index in [2.05, 4.69) is 33.5 Å². The molecule has 5 heteroatoms. The fourth-order valence-electron chi connectivity index (χ4n) is 3.10. The predicted octanol–water partition coefficient (Wildman–Crippen LogP) is 4.71. The molecule has 0 saturated carbocycles. The van der Waals surface area contributed by atoms with Crippen molar-refractivity contribution in [2.45, 2.75) is 0 Å². The van der Waals surface area contributed by atoms with E-state index < -0.39 is 0 Å². The summed E-state index contributed by atoms with van der Waals surface area (Å²) in [6, 6.07) is 24.4. The first-order valence-corrected chi connectivity index (χ1v) is 8.39. The number of imidazole rings is 1. The van der Waals surface area contributed by atoms with Crippen molar-refractivity contribution >= 4 is 33.6 Å². The molecule has 5 aromatic rings. The standard InChI is InChI=1S/C21H15N5/c1-2-9-16(10-3-1)26-14-23-19-13-22-21(25-20(19)26)24-18-12-6-8-15-7-4-5-11-17(15)18/h1-14H,(H,22,24,25). The number of aromatic nitrogens is 4. The fraction of sp³-hybridized carbons (Fsp3) is 0. The molecule has 0 saturated heterocycles. The van der Waals surface area contributed by atoms with E-state index in [4.69, 9.17) is 4.98 Å². The quantitative estimate of drug-likeness (QED) is 0.518. The average Bonchev–Trinajstić information content (AvgIpc) is 3.12. The van der Waals surface area contributed by atoms with Gasteiger partial charge in [0.25, 0.3) is 0 Å². The lowest BCUT2D eigenvalue weighted by atomic mass is 10.1. The van der Waals surface area contributed by atoms with Gasteiger partial charge in [-0.05, 0) is 23.6 Å². The minimum Gasteiger partial charge on any atom is -0.324 e. The maximum atomic E-state index is 4.69. The van der Waals surface area contributed by atoms with Crippen LogP contribution in [0.25, 0.3) is 27.6 Å². The Balaban J connectivity index is 1.59. The van der Waals surface area contributed by atoms with Crippen LogP contribution >= 0.6 is 0 Å². The molecule has 3 aromatic carbocycles. The van der Waals surface area contributed by atoms with Gasteiger partial charge in [-0.3, -0.25) is 4.57 Å². The van der Waals surface area contributed by atoms with Crippen LogP contribution in [0, 0.1) is 0 Å². The van der Waals surface area contributed by atoms with Crippen LogP contribution in [-0.2, 0) is 0 Å². The highest BCUT2D eigenvalue weighted by molar-refractivity contribution is 5.95. The number of hydrogen-bond donors (Lipinski definition) is 1. The third-order valence-electron chi connectivity index (χ3n) is 4.36. The van der Waals surface area contributed by atoms with Crippen LogP contribution in [-0.4, -0.2) is 19.5 Å². The Kier molecular flexibility index (Phi) is 3.35. The summed E-state index contributed by atoms with van der Waals surface area (Å²) in [5, 5.41) is 5.65. The van der Waals surface area contributed by atoms with Crippen molar-refractivity contribution in [2.75, 3.05) is 5.32 Å². The van der Waals surface area contributed by atoms with E-state index >= 15 is 0 Å². The number of rotatable bonds is 3. The van der Waals surface area contributed by atoms with Gasteiger partial charge in [0, 0.05) is 16.8 Å². The lowest BCUT2D eigenvalue weighted by molar-refractivity contribution is 1.06. The van der Waals surface area contributed by atoms with Gasteiger partial charge in [0.05, 0.1) is 6.20 Å². The molecule has 5 nitrogen and oxygen atoms in total. The van der Waals surface area contributed by atoms with Crippen LogP contribution in [0.2, 0.25) is 0 Å². The smallest absolute Gasteiger partial charge is 0.229 e. The Hall–Kier alpha value is -3.73. The van der Waals surface area contributed by atoms with E-state index in [1.54, 1.807) is 12.5 Å². The van der Waals surface area contributed by atoms with E-state index in [0.717, 1.165) is 27.9 Å². The maximum Gasteiger partial charge on any atom is 0.229 e. The third-order valence-corrected chi connectivity index (χ3v) is 4.36. The molecule has 26 heavy (non-hydrogen) atoms. The van der Waals surface area contributed by atoms with Gasteiger partial charge in [-0.25, -0.2) is 9.97 Å². The summed E-state index contributed by atoms with van der Waals surface area (Å²) in [6.45, 7) is 0. The molecule has 0 atom stereocenters. The highest BCUT2D eigenvalue weighted by Gasteiger charge is 2.09. The molecule has 0 bridgehead atoms. The number of nitrogens with one attached hydrogen (secondary N) is 1. The zero-order chi connectivity index (χ0) is 17.3. The Bertz CT molecular complexity index is 1210. The first-order chi connectivity index (χ1) is 12.9. The van der Waals surface area contributed by atoms with Crippen molar-refractivity contribution < 1.29 is 0 Å². The van der Waals surface area contributed by atoms with Gasteiger partial charge in [0.15, 0.2) is 5.65 Å². The maximum absolute atomic E-state index is 4.69. The van der Waals surface area contributed by atoms with Crippen molar-refractivity contribution in [3.05, 3.63) is 85.3 Å². The van der Waals surface area contributed by atoms with Gasteiger partial charge in [-0.15, -0.1) is 0 Å². The summed E-state index contributed by atoms with van der Waals surface area (Å²) in [5.74, 6) is 0.548. The largest absolute Gasteiger partial charge is 0.324 e. The van der Waals surface area contributed by atoms with Gasteiger partial charge in [-0.2, -0.15) is 4.98 Å². The van der Waals surface area contributed by atoms with Crippen LogP contribution in [0.1, 0.15) is 0 Å². The molecule has 2 heterocycles. The second kappa shape index (κ2) is 5.97. The van der Waals surface area contributed by atoms with E-state index in [0.29, 0.717) is 5.95 Å². The molecule has 0 spiro atoms. The fourth-order valence-corrected chi connectivity index (χ4v) is 3.10. The first kappa shape index (κ1) is 14.6. The number of hydrogen-bond acceptors (Lipinski definition) is 4. The molecule has 0 aliphatic heterocycles. The number of nitrogens with zero attached hydrogens (tertiary/aromatic N) is 4. The third kappa shape index (κ3) is 2.46. The molecule has 0 aliphatic carbocycles. The molecule has 0 unspecified atom stereocenters. The van der Waals surface area contributed by atoms with Gasteiger partial charge in [0.2, 0.25) is 5.95 Å². The highest BCUT2D eigenvalue weighted by atomic mass is 15.2. The number of anilines is 2. The van der Waals surface area contributed by atoms with Crippen molar-refractivity contribution in [1.29, 1.82) is 0 Å². The lowest BCUT2D eigenvalue weighted by Gasteiger charge is -2.09. The highest BCUT2D eigenvalue weighted by Crippen LogP contribution is 2.25. The monoisotopic (exact) mass is 337 g/mol. The Labute approximate surface area is 150 Å². The molecule has 0 aliphatic rings. The summed E-state index contributed by atoms with van der Waals surface area (Å²) in [7, 11) is 0. The van der Waals surface area contributed by atoms with Crippen LogP contribution in [0.15, 0.2) is 85.3 Å². The summed E-state index contributed by atoms with van der Waals surface area (Å²) in [4.78, 5) is 13.5. The van der Waals surface area contributed by atoms with Crippen molar-refractivity contribution in [3.63, 3.8) is 0 Å². The lowest BCUT2D eigenvalue weighted by Crippen LogP contribution is -2.00. The summed E-state index contributed by atoms with van der Waals surface area (Å²) < 4.78 is 1.96. The second-order valence-electron chi connectivity index (χ2n) is 6.00. The number of para-hydroxylation sites is 1. The molecule has 5 rings (SSSR count). The minimum absolute atomic E-state index is 0.548. The molecule has 0 amide bonds. The van der Waals surface area contributed by atoms with Crippen LogP contribution in [0.5, 0.6) is 0 Å². The first-order valence-electron chi connectivity index (χ1n) is 8.39. The van der Waals surface area contributed by atoms with E-state index in [-0.39, 0.29) is 0 Å². The zero-order valence-electron chi connectivity index (χ0n) is 13.9. The van der Waals surface area contributed by atoms with Crippen LogP contribution in [0.4, 0.5) is 11.6 Å². The Morgan fingerprint density at radius 2 is 1.58 bits per heavy atom. The normalized spacial score (nSPS) is 11.1. The van der Waals surface area contributed by atoms with Crippen LogP contribution in [0.3, 0.4) is 0 Å². The topological polar surface area (TPSA) is 55.6 Å². The number of benzene rings is 3.